The average molecular weight is 337 g/mol. The first-order valence-corrected chi connectivity index (χ1v) is 8.72. The van der Waals surface area contributed by atoms with Gasteiger partial charge in [-0.3, -0.25) is 0 Å². The first-order chi connectivity index (χ1) is 12.2. The Morgan fingerprint density at radius 2 is 1.68 bits per heavy atom. The van der Waals surface area contributed by atoms with Crippen LogP contribution in [0.3, 0.4) is 0 Å². The van der Waals surface area contributed by atoms with E-state index in [1.165, 1.54) is 0 Å². The molecule has 3 rings (SSSR count). The number of carboxylic acid groups (broad SMARTS) is 1. The molecule has 4 heteroatoms. The summed E-state index contributed by atoms with van der Waals surface area (Å²) in [4.78, 5) is 11.8. The Morgan fingerprint density at radius 1 is 0.920 bits per heavy atom. The van der Waals surface area contributed by atoms with Crippen LogP contribution >= 0.6 is 0 Å². The van der Waals surface area contributed by atoms with Crippen molar-refractivity contribution in [1.82, 2.24) is 0 Å². The van der Waals surface area contributed by atoms with Crippen molar-refractivity contribution in [2.75, 3.05) is 13.2 Å². The van der Waals surface area contributed by atoms with Crippen LogP contribution in [0.1, 0.15) is 36.0 Å². The smallest absolute Gasteiger partial charge is 0.336 e. The van der Waals surface area contributed by atoms with E-state index in [2.05, 4.69) is 0 Å². The van der Waals surface area contributed by atoms with E-state index in [9.17, 15) is 9.90 Å². The van der Waals surface area contributed by atoms with E-state index >= 15 is 0 Å². The molecule has 25 heavy (non-hydrogen) atoms. The van der Waals surface area contributed by atoms with Gasteiger partial charge in [0.15, 0.2) is 0 Å². The van der Waals surface area contributed by atoms with Gasteiger partial charge in [0.05, 0.1) is 12.2 Å². The van der Waals surface area contributed by atoms with Crippen molar-refractivity contribution >= 4 is 27.5 Å². The summed E-state index contributed by atoms with van der Waals surface area (Å²) >= 11 is 0. The number of rotatable bonds is 8. The zero-order chi connectivity index (χ0) is 17.6. The molecule has 0 aliphatic heterocycles. The maximum atomic E-state index is 11.8. The number of ether oxygens (including phenoxy) is 1. The van der Waals surface area contributed by atoms with Crippen LogP contribution < -0.4 is 10.5 Å². The number of carboxylic acids is 1. The lowest BCUT2D eigenvalue weighted by atomic mass is 9.97. The van der Waals surface area contributed by atoms with Crippen molar-refractivity contribution in [1.29, 1.82) is 0 Å². The zero-order valence-corrected chi connectivity index (χ0v) is 14.2. The van der Waals surface area contributed by atoms with Crippen molar-refractivity contribution in [3.05, 3.63) is 54.1 Å². The zero-order valence-electron chi connectivity index (χ0n) is 14.2. The number of hydrogen-bond donors (Lipinski definition) is 2. The van der Waals surface area contributed by atoms with Crippen LogP contribution in [-0.4, -0.2) is 24.2 Å². The highest BCUT2D eigenvalue weighted by atomic mass is 16.5. The molecule has 0 bridgehead atoms. The first kappa shape index (κ1) is 17.2. The molecule has 0 fully saturated rings. The molecule has 0 amide bonds. The summed E-state index contributed by atoms with van der Waals surface area (Å²) in [6.07, 6.45) is 4.29. The number of hydrogen-bond acceptors (Lipinski definition) is 3. The monoisotopic (exact) mass is 337 g/mol. The lowest BCUT2D eigenvalue weighted by Gasteiger charge is -2.11. The molecule has 3 aromatic carbocycles. The number of fused-ring (bicyclic) bond motifs is 2. The normalized spacial score (nSPS) is 11.1. The van der Waals surface area contributed by atoms with Gasteiger partial charge in [0.1, 0.15) is 5.75 Å². The quantitative estimate of drug-likeness (QED) is 0.466. The first-order valence-electron chi connectivity index (χ1n) is 8.72. The van der Waals surface area contributed by atoms with Crippen LogP contribution in [0.15, 0.2) is 48.5 Å². The Kier molecular flexibility index (Phi) is 5.51. The molecule has 0 saturated heterocycles. The van der Waals surface area contributed by atoms with Crippen molar-refractivity contribution in [2.45, 2.75) is 25.7 Å². The SMILES string of the molecule is NCCCCCCOc1ccc2c(C(=O)O)c3ccccc3cc2c1. The van der Waals surface area contributed by atoms with E-state index in [1.54, 1.807) is 0 Å². The highest BCUT2D eigenvalue weighted by molar-refractivity contribution is 6.16. The molecule has 3 N–H and O–H groups in total. The Hall–Kier alpha value is -2.59. The fraction of sp³-hybridized carbons (Fsp3) is 0.286. The van der Waals surface area contributed by atoms with Crippen LogP contribution in [0, 0.1) is 0 Å². The molecule has 0 atom stereocenters. The minimum atomic E-state index is -0.907. The van der Waals surface area contributed by atoms with Crippen LogP contribution in [0.5, 0.6) is 5.75 Å². The van der Waals surface area contributed by atoms with Crippen molar-refractivity contribution in [3.8, 4) is 5.75 Å². The minimum absolute atomic E-state index is 0.349. The summed E-state index contributed by atoms with van der Waals surface area (Å²) in [5, 5.41) is 13.0. The fourth-order valence-corrected chi connectivity index (χ4v) is 3.16. The highest BCUT2D eigenvalue weighted by Crippen LogP contribution is 2.31. The minimum Gasteiger partial charge on any atom is -0.494 e. The van der Waals surface area contributed by atoms with Gasteiger partial charge in [0.2, 0.25) is 0 Å². The molecule has 0 unspecified atom stereocenters. The second kappa shape index (κ2) is 7.99. The lowest BCUT2D eigenvalue weighted by molar-refractivity contribution is 0.0701. The van der Waals surface area contributed by atoms with Crippen LogP contribution in [0.2, 0.25) is 0 Å². The Bertz CT molecular complexity index is 889. The second-order valence-electron chi connectivity index (χ2n) is 6.21. The molecule has 0 heterocycles. The van der Waals surface area contributed by atoms with E-state index < -0.39 is 5.97 Å². The molecule has 0 aromatic heterocycles. The van der Waals surface area contributed by atoms with Gasteiger partial charge in [0.25, 0.3) is 0 Å². The molecule has 0 radical (unpaired) electrons. The van der Waals surface area contributed by atoms with Gasteiger partial charge in [-0.15, -0.1) is 0 Å². The van der Waals surface area contributed by atoms with E-state index in [-0.39, 0.29) is 0 Å². The Labute approximate surface area is 147 Å². The molecule has 0 spiro atoms. The van der Waals surface area contributed by atoms with Crippen LogP contribution in [0.25, 0.3) is 21.5 Å². The maximum absolute atomic E-state index is 11.8. The summed E-state index contributed by atoms with van der Waals surface area (Å²) in [5.41, 5.74) is 5.84. The maximum Gasteiger partial charge on any atom is 0.336 e. The topological polar surface area (TPSA) is 72.5 Å². The third-order valence-corrected chi connectivity index (χ3v) is 4.41. The van der Waals surface area contributed by atoms with E-state index in [1.807, 2.05) is 48.5 Å². The van der Waals surface area contributed by atoms with Gasteiger partial charge in [0, 0.05) is 0 Å². The van der Waals surface area contributed by atoms with E-state index in [4.69, 9.17) is 10.5 Å². The van der Waals surface area contributed by atoms with Crippen molar-refractivity contribution in [2.24, 2.45) is 5.73 Å². The second-order valence-corrected chi connectivity index (χ2v) is 6.21. The van der Waals surface area contributed by atoms with Crippen LogP contribution in [0.4, 0.5) is 0 Å². The summed E-state index contributed by atoms with van der Waals surface area (Å²) in [7, 11) is 0. The van der Waals surface area contributed by atoms with Gasteiger partial charge in [-0.2, -0.15) is 0 Å². The molecule has 0 aliphatic carbocycles. The summed E-state index contributed by atoms with van der Waals surface area (Å²) in [5.74, 6) is -0.131. The molecular formula is C21H23NO3. The Morgan fingerprint density at radius 3 is 2.48 bits per heavy atom. The van der Waals surface area contributed by atoms with E-state index in [0.29, 0.717) is 12.2 Å². The molecule has 0 saturated carbocycles. The van der Waals surface area contributed by atoms with Crippen molar-refractivity contribution in [3.63, 3.8) is 0 Å². The molecule has 0 aliphatic rings. The fourth-order valence-electron chi connectivity index (χ4n) is 3.16. The van der Waals surface area contributed by atoms with Gasteiger partial charge in [-0.1, -0.05) is 37.1 Å². The van der Waals surface area contributed by atoms with Gasteiger partial charge in [-0.05, 0) is 65.2 Å². The van der Waals surface area contributed by atoms with Gasteiger partial charge >= 0.3 is 5.97 Å². The molecule has 3 aromatic rings. The summed E-state index contributed by atoms with van der Waals surface area (Å²) < 4.78 is 5.83. The average Bonchev–Trinajstić information content (AvgIpc) is 2.62. The number of unbranched alkanes of at least 4 members (excludes halogenated alkanes) is 3. The number of carbonyl (C=O) groups is 1. The van der Waals surface area contributed by atoms with E-state index in [0.717, 1.165) is 59.5 Å². The molecule has 4 nitrogen and oxygen atoms in total. The Balaban J connectivity index is 1.85. The molecule has 130 valence electrons. The van der Waals surface area contributed by atoms with Gasteiger partial charge < -0.3 is 15.6 Å². The summed E-state index contributed by atoms with van der Waals surface area (Å²) in [6.45, 7) is 1.40. The third-order valence-electron chi connectivity index (χ3n) is 4.41. The van der Waals surface area contributed by atoms with Crippen molar-refractivity contribution < 1.29 is 14.6 Å². The predicted molar refractivity (Wildman–Crippen MR) is 101 cm³/mol. The standard InChI is InChI=1S/C21H23NO3/c22-11-5-1-2-6-12-25-17-9-10-19-16(14-17)13-15-7-3-4-8-18(15)20(19)21(23)24/h3-4,7-10,13-14H,1-2,5-6,11-12,22H2,(H,23,24). The molecular weight excluding hydrogens is 314 g/mol. The number of benzene rings is 3. The highest BCUT2D eigenvalue weighted by Gasteiger charge is 2.14. The number of nitrogens with two attached hydrogens (primary N) is 1. The summed E-state index contributed by atoms with van der Waals surface area (Å²) in [6, 6.07) is 15.2. The van der Waals surface area contributed by atoms with Crippen LogP contribution in [-0.2, 0) is 0 Å². The predicted octanol–water partition coefficient (Wildman–Crippen LogP) is 4.59. The largest absolute Gasteiger partial charge is 0.494 e. The number of aromatic carboxylic acids is 1. The third kappa shape index (κ3) is 3.91. The van der Waals surface area contributed by atoms with Gasteiger partial charge in [-0.25, -0.2) is 4.79 Å². The lowest BCUT2D eigenvalue weighted by Crippen LogP contribution is -2.01.